The third kappa shape index (κ3) is 2.80. The average molecular weight is 282 g/mol. The van der Waals surface area contributed by atoms with E-state index in [4.69, 9.17) is 5.73 Å². The lowest BCUT2D eigenvalue weighted by atomic mass is 10.1. The number of nitrogens with zero attached hydrogens (tertiary/aromatic N) is 2. The van der Waals surface area contributed by atoms with Crippen LogP contribution in [0.4, 0.5) is 20.2 Å². The lowest BCUT2D eigenvalue weighted by Gasteiger charge is -2.15. The first-order valence-electron chi connectivity index (χ1n) is 5.78. The minimum atomic E-state index is -3.13. The molecular formula is C12H12F2N4O2. The minimum Gasteiger partial charge on any atom is -0.373 e. The number of nitrogens with two attached hydrogens (primary N) is 1. The van der Waals surface area contributed by atoms with Crippen LogP contribution in [0.3, 0.4) is 0 Å². The van der Waals surface area contributed by atoms with Gasteiger partial charge in [-0.2, -0.15) is 0 Å². The maximum Gasteiger partial charge on any atom is 0.301 e. The molecule has 1 heterocycles. The quantitative estimate of drug-likeness (QED) is 0.647. The van der Waals surface area contributed by atoms with Crippen molar-refractivity contribution in [1.29, 1.82) is 0 Å². The minimum absolute atomic E-state index is 0.0172. The maximum atomic E-state index is 13.1. The molecule has 0 unspecified atom stereocenters. The predicted octanol–water partition coefficient (Wildman–Crippen LogP) is 2.15. The summed E-state index contributed by atoms with van der Waals surface area (Å²) in [6.45, 7) is -1.60. The maximum absolute atomic E-state index is 13.1. The highest BCUT2D eigenvalue weighted by Gasteiger charge is 2.28. The van der Waals surface area contributed by atoms with Gasteiger partial charge in [-0.15, -0.1) is 0 Å². The van der Waals surface area contributed by atoms with Gasteiger partial charge < -0.3 is 11.1 Å². The van der Waals surface area contributed by atoms with E-state index in [0.29, 0.717) is 10.9 Å². The summed E-state index contributed by atoms with van der Waals surface area (Å²) in [5.41, 5.74) is 5.09. The van der Waals surface area contributed by atoms with Gasteiger partial charge in [-0.1, -0.05) is 0 Å². The molecule has 2 aromatic rings. The number of nitrogens with one attached hydrogen (secondary N) is 1. The van der Waals surface area contributed by atoms with Crippen LogP contribution in [0.5, 0.6) is 0 Å². The zero-order valence-electron chi connectivity index (χ0n) is 10.3. The van der Waals surface area contributed by atoms with Gasteiger partial charge in [0.1, 0.15) is 5.69 Å². The third-order valence-corrected chi connectivity index (χ3v) is 2.78. The van der Waals surface area contributed by atoms with Crippen LogP contribution in [0, 0.1) is 10.1 Å². The van der Waals surface area contributed by atoms with E-state index >= 15 is 0 Å². The highest BCUT2D eigenvalue weighted by Crippen LogP contribution is 2.32. The molecular weight excluding hydrogens is 270 g/mol. The lowest BCUT2D eigenvalue weighted by Crippen LogP contribution is -2.35. The van der Waals surface area contributed by atoms with Gasteiger partial charge in [-0.3, -0.25) is 15.1 Å². The molecule has 3 N–H and O–H groups in total. The van der Waals surface area contributed by atoms with Crippen molar-refractivity contribution >= 4 is 22.3 Å². The summed E-state index contributed by atoms with van der Waals surface area (Å²) in [5, 5.41) is 13.8. The second-order valence-electron chi connectivity index (χ2n) is 4.20. The molecule has 0 saturated heterocycles. The molecule has 106 valence electrons. The van der Waals surface area contributed by atoms with Gasteiger partial charge in [-0.05, 0) is 24.3 Å². The lowest BCUT2D eigenvalue weighted by molar-refractivity contribution is -0.382. The molecule has 0 amide bonds. The molecule has 0 aliphatic heterocycles. The van der Waals surface area contributed by atoms with Gasteiger partial charge in [0.05, 0.1) is 28.9 Å². The van der Waals surface area contributed by atoms with Crippen LogP contribution < -0.4 is 11.1 Å². The van der Waals surface area contributed by atoms with Gasteiger partial charge >= 0.3 is 5.69 Å². The Bertz CT molecular complexity index is 648. The summed E-state index contributed by atoms with van der Waals surface area (Å²) in [4.78, 5) is 14.5. The van der Waals surface area contributed by atoms with Crippen molar-refractivity contribution in [3.05, 3.63) is 40.6 Å². The second kappa shape index (κ2) is 5.33. The molecule has 0 atom stereocenters. The summed E-state index contributed by atoms with van der Waals surface area (Å²) >= 11 is 0. The first kappa shape index (κ1) is 14.1. The Morgan fingerprint density at radius 3 is 2.80 bits per heavy atom. The second-order valence-corrected chi connectivity index (χ2v) is 4.20. The fraction of sp³-hybridized carbons (Fsp3) is 0.250. The molecule has 0 spiro atoms. The van der Waals surface area contributed by atoms with Gasteiger partial charge in [0, 0.05) is 6.20 Å². The monoisotopic (exact) mass is 282 g/mol. The Kier molecular flexibility index (Phi) is 3.75. The van der Waals surface area contributed by atoms with Gasteiger partial charge in [0.2, 0.25) is 0 Å². The molecule has 1 aromatic heterocycles. The van der Waals surface area contributed by atoms with E-state index < -0.39 is 23.9 Å². The van der Waals surface area contributed by atoms with Crippen LogP contribution in [-0.2, 0) is 0 Å². The van der Waals surface area contributed by atoms with Crippen molar-refractivity contribution in [2.45, 2.75) is 5.92 Å². The number of aromatic nitrogens is 1. The molecule has 0 aliphatic carbocycles. The Morgan fingerprint density at radius 1 is 1.40 bits per heavy atom. The van der Waals surface area contributed by atoms with Crippen LogP contribution in [0.25, 0.3) is 10.9 Å². The van der Waals surface area contributed by atoms with Crippen molar-refractivity contribution in [2.75, 3.05) is 18.4 Å². The van der Waals surface area contributed by atoms with Crippen LogP contribution >= 0.6 is 0 Å². The van der Waals surface area contributed by atoms with Gasteiger partial charge in [-0.25, -0.2) is 8.78 Å². The molecule has 2 rings (SSSR count). The van der Waals surface area contributed by atoms with E-state index in [0.717, 1.165) is 0 Å². The zero-order valence-corrected chi connectivity index (χ0v) is 10.3. The zero-order chi connectivity index (χ0) is 14.8. The number of nitro groups is 1. The third-order valence-electron chi connectivity index (χ3n) is 2.78. The Balaban J connectivity index is 2.43. The normalized spacial score (nSPS) is 11.6. The van der Waals surface area contributed by atoms with E-state index in [1.807, 2.05) is 0 Å². The highest BCUT2D eigenvalue weighted by atomic mass is 19.3. The molecule has 8 heteroatoms. The van der Waals surface area contributed by atoms with Crippen molar-refractivity contribution in [1.82, 2.24) is 4.98 Å². The summed E-state index contributed by atoms with van der Waals surface area (Å²) in [7, 11) is 0. The van der Waals surface area contributed by atoms with Crippen molar-refractivity contribution in [2.24, 2.45) is 5.73 Å². The number of anilines is 1. The van der Waals surface area contributed by atoms with E-state index in [1.165, 1.54) is 24.4 Å². The van der Waals surface area contributed by atoms with E-state index in [-0.39, 0.29) is 11.4 Å². The van der Waals surface area contributed by atoms with E-state index in [2.05, 4.69) is 10.3 Å². The summed E-state index contributed by atoms with van der Waals surface area (Å²) in [6.07, 6.45) is 1.50. The van der Waals surface area contributed by atoms with E-state index in [9.17, 15) is 18.9 Å². The first-order chi connectivity index (χ1) is 9.44. The number of nitro benzene ring substituents is 1. The number of halogens is 2. The van der Waals surface area contributed by atoms with Crippen LogP contribution in [-0.4, -0.2) is 28.9 Å². The van der Waals surface area contributed by atoms with Crippen molar-refractivity contribution < 1.29 is 13.7 Å². The molecule has 0 fully saturated rings. The number of benzene rings is 1. The van der Waals surface area contributed by atoms with E-state index in [1.54, 1.807) is 6.07 Å². The molecule has 0 aliphatic rings. The summed E-state index contributed by atoms with van der Waals surface area (Å²) < 4.78 is 26.2. The molecule has 6 nitrogen and oxygen atoms in total. The molecule has 1 aromatic carbocycles. The number of pyridine rings is 1. The van der Waals surface area contributed by atoms with Crippen molar-refractivity contribution in [3.63, 3.8) is 0 Å². The van der Waals surface area contributed by atoms with Crippen molar-refractivity contribution in [3.8, 4) is 0 Å². The SMILES string of the molecule is NCC(F)(F)CNc1ccc2ncccc2c1[N+](=O)[O-]. The number of fused-ring (bicyclic) bond motifs is 1. The highest BCUT2D eigenvalue weighted by molar-refractivity contribution is 5.94. The number of rotatable bonds is 5. The van der Waals surface area contributed by atoms with Crippen LogP contribution in [0.1, 0.15) is 0 Å². The van der Waals surface area contributed by atoms with Crippen LogP contribution in [0.2, 0.25) is 0 Å². The first-order valence-corrected chi connectivity index (χ1v) is 5.78. The summed E-state index contributed by atoms with van der Waals surface area (Å²) in [5.74, 6) is -3.13. The fourth-order valence-corrected chi connectivity index (χ4v) is 1.77. The van der Waals surface area contributed by atoms with Crippen LogP contribution in [0.15, 0.2) is 30.5 Å². The smallest absolute Gasteiger partial charge is 0.301 e. The summed E-state index contributed by atoms with van der Waals surface area (Å²) in [6, 6.07) is 5.96. The number of alkyl halides is 2. The average Bonchev–Trinajstić information content (AvgIpc) is 2.44. The predicted molar refractivity (Wildman–Crippen MR) is 70.9 cm³/mol. The Morgan fingerprint density at radius 2 is 2.15 bits per heavy atom. The van der Waals surface area contributed by atoms with Gasteiger partial charge in [0.25, 0.3) is 5.92 Å². The molecule has 0 saturated carbocycles. The molecule has 0 radical (unpaired) electrons. The standard InChI is InChI=1S/C12H12F2N4O2/c13-12(14,6-15)7-17-10-4-3-9-8(2-1-5-16-9)11(10)18(19)20/h1-5,17H,6-7,15H2. The number of hydrogen-bond acceptors (Lipinski definition) is 5. The largest absolute Gasteiger partial charge is 0.373 e. The Hall–Kier alpha value is -2.35. The number of hydrogen-bond donors (Lipinski definition) is 2. The molecule has 20 heavy (non-hydrogen) atoms. The topological polar surface area (TPSA) is 94.1 Å². The molecule has 0 bridgehead atoms. The Labute approximate surface area is 112 Å². The van der Waals surface area contributed by atoms with Gasteiger partial charge in [0.15, 0.2) is 0 Å². The fourth-order valence-electron chi connectivity index (χ4n) is 1.77.